The van der Waals surface area contributed by atoms with E-state index in [2.05, 4.69) is 0 Å². The fourth-order valence-corrected chi connectivity index (χ4v) is 0. The summed E-state index contributed by atoms with van der Waals surface area (Å²) in [5, 5.41) is 44.2. The molecule has 12 nitrogen and oxygen atoms in total. The molecule has 14 heavy (non-hydrogen) atoms. The van der Waals surface area contributed by atoms with E-state index in [1.807, 2.05) is 0 Å². The summed E-state index contributed by atoms with van der Waals surface area (Å²) in [6.45, 7) is 0. The molecular weight excluding hydrogens is 290 g/mol. The van der Waals surface area contributed by atoms with E-state index in [1.54, 1.807) is 0 Å². The summed E-state index contributed by atoms with van der Waals surface area (Å²) in [5.74, 6) is 0. The Hall–Kier alpha value is -0.140. The first-order valence-corrected chi connectivity index (χ1v) is 1.64. The summed E-state index contributed by atoms with van der Waals surface area (Å²) < 4.78 is 0. The fourth-order valence-electron chi connectivity index (χ4n) is 0. The molecule has 0 aromatic carbocycles. The Morgan fingerprint density at radius 1 is 0.571 bits per heavy atom. The zero-order chi connectivity index (χ0) is 10.7. The molecule has 0 radical (unpaired) electrons. The second kappa shape index (κ2) is 23.0. The van der Waals surface area contributed by atoms with Gasteiger partial charge in [0, 0.05) is 0 Å². The molecule has 14 heteroatoms. The van der Waals surface area contributed by atoms with E-state index in [-0.39, 0.29) is 70.9 Å². The third-order valence-electron chi connectivity index (χ3n) is 0. The van der Waals surface area contributed by atoms with E-state index < -0.39 is 15.3 Å². The van der Waals surface area contributed by atoms with Gasteiger partial charge in [-0.05, 0) is 0 Å². The summed E-state index contributed by atoms with van der Waals surface area (Å²) in [6, 6.07) is 0. The zero-order valence-corrected chi connectivity index (χ0v) is 12.8. The van der Waals surface area contributed by atoms with Crippen LogP contribution in [0, 0.1) is 46.0 Å². The average molecular weight is 290 g/mol. The Labute approximate surface area is 130 Å². The van der Waals surface area contributed by atoms with E-state index in [0.29, 0.717) is 0 Å². The molecule has 0 aromatic rings. The minimum atomic E-state index is -1.75. The van der Waals surface area contributed by atoms with Crippen molar-refractivity contribution in [3.63, 3.8) is 0 Å². The van der Waals surface area contributed by atoms with Gasteiger partial charge in [-0.25, -0.2) is 0 Å². The Bertz CT molecular complexity index is 118. The molecule has 0 fully saturated rings. The van der Waals surface area contributed by atoms with Crippen LogP contribution in [-0.2, 0) is 19.5 Å². The second-order valence-electron chi connectivity index (χ2n) is 0.671. The van der Waals surface area contributed by atoms with Crippen molar-refractivity contribution < 1.29 is 86.1 Å². The van der Waals surface area contributed by atoms with Gasteiger partial charge in [-0.15, -0.1) is 0 Å². The van der Waals surface area contributed by atoms with Gasteiger partial charge >= 0.3 is 70.9 Å². The maximum Gasteiger partial charge on any atom is 2.00 e. The van der Waals surface area contributed by atoms with Gasteiger partial charge in [0.15, 0.2) is 0 Å². The Kier molecular flexibility index (Phi) is 48.1. The van der Waals surface area contributed by atoms with Crippen molar-refractivity contribution in [1.82, 2.24) is 0 Å². The maximum absolute atomic E-state index is 8.25. The molecule has 0 atom stereocenters. The van der Waals surface area contributed by atoms with E-state index in [9.17, 15) is 0 Å². The van der Waals surface area contributed by atoms with Crippen LogP contribution in [0.5, 0.6) is 0 Å². The van der Waals surface area contributed by atoms with Crippen molar-refractivity contribution in [2.75, 3.05) is 0 Å². The van der Waals surface area contributed by atoms with Gasteiger partial charge < -0.3 is 46.0 Å². The quantitative estimate of drug-likeness (QED) is 0.244. The molecule has 0 aliphatic heterocycles. The van der Waals surface area contributed by atoms with Crippen LogP contribution in [0.1, 0.15) is 0 Å². The maximum atomic E-state index is 8.25. The number of hydrogen-bond acceptors (Lipinski definition) is 9. The molecule has 0 unspecified atom stereocenters. The molecule has 72 valence electrons. The van der Waals surface area contributed by atoms with Crippen LogP contribution in [0.15, 0.2) is 0 Å². The fraction of sp³-hybridized carbons (Fsp3) is 0. The Morgan fingerprint density at radius 3 is 0.571 bits per heavy atom. The van der Waals surface area contributed by atoms with E-state index in [0.717, 1.165) is 0 Å². The SMILES string of the molecule is O=[N+]([O-])[O-].O=[N+]([O-])[O-].O=[N+]([O-])[O-].[K+].[Zn+2]. The molecule has 0 aliphatic carbocycles. The third-order valence-corrected chi connectivity index (χ3v) is 0. The van der Waals surface area contributed by atoms with Gasteiger partial charge in [0.25, 0.3) is 0 Å². The molecule has 0 spiro atoms. The van der Waals surface area contributed by atoms with Crippen LogP contribution in [-0.4, -0.2) is 15.3 Å². The summed E-state index contributed by atoms with van der Waals surface area (Å²) >= 11 is 0. The largest absolute Gasteiger partial charge is 2.00 e. The second-order valence-corrected chi connectivity index (χ2v) is 0.671. The normalized spacial score (nSPS) is 5.14. The zero-order valence-electron chi connectivity index (χ0n) is 6.72. The van der Waals surface area contributed by atoms with Crippen LogP contribution in [0.4, 0.5) is 0 Å². The van der Waals surface area contributed by atoms with Crippen LogP contribution in [0.25, 0.3) is 0 Å². The summed E-state index contributed by atoms with van der Waals surface area (Å²) in [6.07, 6.45) is 0. The molecule has 0 saturated heterocycles. The first-order chi connectivity index (χ1) is 5.20. The van der Waals surface area contributed by atoms with Gasteiger partial charge in [0.05, 0.1) is 15.3 Å². The van der Waals surface area contributed by atoms with Crippen LogP contribution in [0.2, 0.25) is 0 Å². The van der Waals surface area contributed by atoms with Crippen molar-refractivity contribution in [3.8, 4) is 0 Å². The van der Waals surface area contributed by atoms with Crippen LogP contribution in [0.3, 0.4) is 0 Å². The summed E-state index contributed by atoms with van der Waals surface area (Å²) in [4.78, 5) is 24.8. The van der Waals surface area contributed by atoms with E-state index in [1.165, 1.54) is 0 Å². The van der Waals surface area contributed by atoms with Crippen molar-refractivity contribution in [2.24, 2.45) is 0 Å². The van der Waals surface area contributed by atoms with Crippen molar-refractivity contribution in [3.05, 3.63) is 46.0 Å². The molecule has 0 aromatic heterocycles. The molecule has 0 aliphatic rings. The third kappa shape index (κ3) is 71100. The number of rotatable bonds is 0. The minimum Gasteiger partial charge on any atom is -0.356 e. The van der Waals surface area contributed by atoms with E-state index >= 15 is 0 Å². The van der Waals surface area contributed by atoms with Crippen molar-refractivity contribution in [1.29, 1.82) is 0 Å². The molecule has 0 bridgehead atoms. The van der Waals surface area contributed by atoms with Gasteiger partial charge in [-0.3, -0.25) is 0 Å². The standard InChI is InChI=1S/K.3NO3.Zn/c;3*2-1(3)4;/q+1;3*-1;+2. The molecule has 0 rings (SSSR count). The van der Waals surface area contributed by atoms with Crippen LogP contribution < -0.4 is 51.4 Å². The number of nitrogens with zero attached hydrogens (tertiary/aromatic N) is 3. The van der Waals surface area contributed by atoms with E-state index in [4.69, 9.17) is 46.0 Å². The first kappa shape index (κ1) is 29.2. The molecule has 0 saturated carbocycles. The minimum absolute atomic E-state index is 0. The Balaban J connectivity index is -0.0000000270. The van der Waals surface area contributed by atoms with Crippen molar-refractivity contribution >= 4 is 0 Å². The smallest absolute Gasteiger partial charge is 0.356 e. The number of hydrogen-bond donors (Lipinski definition) is 0. The summed E-state index contributed by atoms with van der Waals surface area (Å²) in [7, 11) is 0. The summed E-state index contributed by atoms with van der Waals surface area (Å²) in [5.41, 5.74) is 0. The first-order valence-electron chi connectivity index (χ1n) is 1.64. The van der Waals surface area contributed by atoms with Gasteiger partial charge in [0.1, 0.15) is 0 Å². The Morgan fingerprint density at radius 2 is 0.571 bits per heavy atom. The molecule has 0 heterocycles. The monoisotopic (exact) mass is 289 g/mol. The molecule has 0 N–H and O–H groups in total. The topological polar surface area (TPSA) is 199 Å². The van der Waals surface area contributed by atoms with Gasteiger partial charge in [0.2, 0.25) is 0 Å². The predicted octanol–water partition coefficient (Wildman–Crippen LogP) is -3.72. The van der Waals surface area contributed by atoms with Crippen molar-refractivity contribution in [2.45, 2.75) is 0 Å². The molecular formula is KN3O9Zn. The van der Waals surface area contributed by atoms with Gasteiger partial charge in [-0.2, -0.15) is 0 Å². The predicted molar refractivity (Wildman–Crippen MR) is 31.1 cm³/mol. The average Bonchev–Trinajstić information content (AvgIpc) is 1.54. The van der Waals surface area contributed by atoms with Crippen LogP contribution >= 0.6 is 0 Å². The molecule has 0 amide bonds. The van der Waals surface area contributed by atoms with Gasteiger partial charge in [-0.1, -0.05) is 0 Å².